The van der Waals surface area contributed by atoms with Gasteiger partial charge in [0, 0.05) is 21.6 Å². The molecule has 0 aromatic heterocycles. The molecule has 0 radical (unpaired) electrons. The second-order valence-corrected chi connectivity index (χ2v) is 7.76. The Balaban J connectivity index is 2.14. The van der Waals surface area contributed by atoms with Gasteiger partial charge in [0.25, 0.3) is 11.7 Å². The van der Waals surface area contributed by atoms with Crippen molar-refractivity contribution >= 4 is 45.0 Å². The number of rotatable bonds is 5. The first-order chi connectivity index (χ1) is 12.9. The van der Waals surface area contributed by atoms with E-state index in [0.29, 0.717) is 17.1 Å². The molecule has 0 bridgehead atoms. The number of carbonyl (C=O) groups excluding carboxylic acids is 2. The highest BCUT2D eigenvalue weighted by Gasteiger charge is 2.45. The number of amides is 1. The number of carbonyl (C=O) groups is 2. The average Bonchev–Trinajstić information content (AvgIpc) is 2.91. The predicted molar refractivity (Wildman–Crippen MR) is 110 cm³/mol. The van der Waals surface area contributed by atoms with Crippen LogP contribution >= 0.6 is 27.5 Å². The van der Waals surface area contributed by atoms with Crippen LogP contribution in [-0.4, -0.2) is 28.2 Å². The molecule has 1 amide bonds. The summed E-state index contributed by atoms with van der Waals surface area (Å²) in [6.45, 7) is 2.48. The largest absolute Gasteiger partial charge is 0.507 e. The van der Waals surface area contributed by atoms with Crippen LogP contribution in [0, 0.1) is 0 Å². The van der Waals surface area contributed by atoms with Gasteiger partial charge in [-0.1, -0.05) is 53.0 Å². The Labute approximate surface area is 171 Å². The van der Waals surface area contributed by atoms with E-state index in [9.17, 15) is 14.7 Å². The molecule has 1 aliphatic heterocycles. The lowest BCUT2D eigenvalue weighted by Gasteiger charge is -2.25. The summed E-state index contributed by atoms with van der Waals surface area (Å²) in [5.41, 5.74) is 1.35. The van der Waals surface area contributed by atoms with Crippen LogP contribution in [0.5, 0.6) is 0 Å². The lowest BCUT2D eigenvalue weighted by Crippen LogP contribution is -2.30. The summed E-state index contributed by atoms with van der Waals surface area (Å²) >= 11 is 9.32. The molecule has 140 valence electrons. The van der Waals surface area contributed by atoms with Crippen molar-refractivity contribution < 1.29 is 14.7 Å². The van der Waals surface area contributed by atoms with Crippen molar-refractivity contribution in [1.29, 1.82) is 0 Å². The van der Waals surface area contributed by atoms with Crippen molar-refractivity contribution in [3.8, 4) is 0 Å². The van der Waals surface area contributed by atoms with E-state index in [1.165, 1.54) is 0 Å². The molecule has 0 unspecified atom stereocenters. The molecule has 1 aliphatic rings. The minimum atomic E-state index is -0.661. The van der Waals surface area contributed by atoms with Gasteiger partial charge < -0.3 is 10.0 Å². The molecule has 0 saturated carbocycles. The van der Waals surface area contributed by atoms with Gasteiger partial charge in [-0.15, -0.1) is 0 Å². The normalized spacial score (nSPS) is 18.9. The van der Waals surface area contributed by atoms with E-state index in [1.807, 2.05) is 31.2 Å². The number of ketones is 1. The fourth-order valence-corrected chi connectivity index (χ4v) is 3.58. The Kier molecular flexibility index (Phi) is 6.02. The monoisotopic (exact) mass is 447 g/mol. The van der Waals surface area contributed by atoms with Crippen LogP contribution < -0.4 is 0 Å². The van der Waals surface area contributed by atoms with Crippen LogP contribution in [0.25, 0.3) is 5.76 Å². The van der Waals surface area contributed by atoms with Crippen LogP contribution in [0.1, 0.15) is 36.9 Å². The quantitative estimate of drug-likeness (QED) is 0.382. The number of benzene rings is 2. The summed E-state index contributed by atoms with van der Waals surface area (Å²) in [4.78, 5) is 27.0. The number of aliphatic hydroxyl groups is 1. The molecule has 3 rings (SSSR count). The Hall–Kier alpha value is -2.11. The number of nitrogens with zero attached hydrogens (tertiary/aromatic N) is 1. The standard InChI is InChI=1S/C21H19BrClNO3/c1-2-3-12-24-18(13-4-8-15(22)9-5-13)17(20(26)21(24)27)19(25)14-6-10-16(23)11-7-14/h4-11,18,25H,2-3,12H2,1H3/t18-/m0/s1. The van der Waals surface area contributed by atoms with Crippen LogP contribution in [-0.2, 0) is 9.59 Å². The van der Waals surface area contributed by atoms with Crippen LogP contribution in [0.3, 0.4) is 0 Å². The molecule has 2 aromatic carbocycles. The van der Waals surface area contributed by atoms with Gasteiger partial charge in [-0.2, -0.15) is 0 Å². The number of unbranched alkanes of at least 4 members (excludes halogenated alkanes) is 1. The molecule has 27 heavy (non-hydrogen) atoms. The van der Waals surface area contributed by atoms with Crippen LogP contribution in [0.2, 0.25) is 5.02 Å². The van der Waals surface area contributed by atoms with E-state index in [2.05, 4.69) is 15.9 Å². The number of hydrogen-bond acceptors (Lipinski definition) is 3. The van der Waals surface area contributed by atoms with Gasteiger partial charge in [-0.3, -0.25) is 9.59 Å². The van der Waals surface area contributed by atoms with Crippen molar-refractivity contribution in [3.05, 3.63) is 74.7 Å². The predicted octanol–water partition coefficient (Wildman–Crippen LogP) is 5.32. The fraction of sp³-hybridized carbons (Fsp3) is 0.238. The Morgan fingerprint density at radius 2 is 1.74 bits per heavy atom. The van der Waals surface area contributed by atoms with Crippen molar-refractivity contribution in [1.82, 2.24) is 4.90 Å². The number of aliphatic hydroxyl groups excluding tert-OH is 1. The molecular formula is C21H19BrClNO3. The maximum Gasteiger partial charge on any atom is 0.295 e. The number of hydrogen-bond donors (Lipinski definition) is 1. The van der Waals surface area contributed by atoms with E-state index >= 15 is 0 Å². The topological polar surface area (TPSA) is 57.6 Å². The Morgan fingerprint density at radius 3 is 2.33 bits per heavy atom. The summed E-state index contributed by atoms with van der Waals surface area (Å²) in [7, 11) is 0. The van der Waals surface area contributed by atoms with Gasteiger partial charge in [-0.05, 0) is 48.4 Å². The SMILES string of the molecule is CCCCN1C(=O)C(=O)C(=C(O)c2ccc(Cl)cc2)[C@@H]1c1ccc(Br)cc1. The maximum absolute atomic E-state index is 12.8. The van der Waals surface area contributed by atoms with Gasteiger partial charge in [0.15, 0.2) is 0 Å². The van der Waals surface area contributed by atoms with Crippen LogP contribution in [0.4, 0.5) is 0 Å². The minimum absolute atomic E-state index is 0.112. The summed E-state index contributed by atoms with van der Waals surface area (Å²) in [5.74, 6) is -1.42. The van der Waals surface area contributed by atoms with Crippen molar-refractivity contribution in [2.24, 2.45) is 0 Å². The summed E-state index contributed by atoms with van der Waals surface area (Å²) in [5, 5.41) is 11.4. The lowest BCUT2D eigenvalue weighted by molar-refractivity contribution is -0.139. The number of Topliss-reactive ketones (excluding diaryl/α,β-unsaturated/α-hetero) is 1. The Morgan fingerprint density at radius 1 is 1.11 bits per heavy atom. The zero-order valence-electron chi connectivity index (χ0n) is 14.8. The summed E-state index contributed by atoms with van der Waals surface area (Å²) in [6.07, 6.45) is 1.67. The van der Waals surface area contributed by atoms with E-state index in [-0.39, 0.29) is 11.3 Å². The number of halogens is 2. The fourth-order valence-electron chi connectivity index (χ4n) is 3.19. The van der Waals surface area contributed by atoms with Gasteiger partial charge in [0.1, 0.15) is 5.76 Å². The second-order valence-electron chi connectivity index (χ2n) is 6.40. The molecule has 1 saturated heterocycles. The van der Waals surface area contributed by atoms with E-state index in [1.54, 1.807) is 29.2 Å². The minimum Gasteiger partial charge on any atom is -0.507 e. The lowest BCUT2D eigenvalue weighted by atomic mass is 9.95. The van der Waals surface area contributed by atoms with Gasteiger partial charge in [0.2, 0.25) is 0 Å². The zero-order valence-corrected chi connectivity index (χ0v) is 17.1. The summed E-state index contributed by atoms with van der Waals surface area (Å²) in [6, 6.07) is 13.4. The molecule has 0 spiro atoms. The molecule has 2 aromatic rings. The zero-order chi connectivity index (χ0) is 19.6. The molecule has 1 fully saturated rings. The Bertz CT molecular complexity index is 891. The average molecular weight is 449 g/mol. The first kappa shape index (κ1) is 19.6. The van der Waals surface area contributed by atoms with Gasteiger partial charge in [0.05, 0.1) is 11.6 Å². The highest BCUT2D eigenvalue weighted by Crippen LogP contribution is 2.39. The van der Waals surface area contributed by atoms with Gasteiger partial charge >= 0.3 is 0 Å². The highest BCUT2D eigenvalue weighted by atomic mass is 79.9. The van der Waals surface area contributed by atoms with E-state index < -0.39 is 17.7 Å². The second kappa shape index (κ2) is 8.28. The third kappa shape index (κ3) is 3.94. The molecule has 1 heterocycles. The smallest absolute Gasteiger partial charge is 0.295 e. The molecule has 6 heteroatoms. The van der Waals surface area contributed by atoms with Crippen LogP contribution in [0.15, 0.2) is 58.6 Å². The maximum atomic E-state index is 12.8. The van der Waals surface area contributed by atoms with E-state index in [4.69, 9.17) is 11.6 Å². The molecular weight excluding hydrogens is 430 g/mol. The first-order valence-electron chi connectivity index (χ1n) is 8.74. The molecule has 0 aliphatic carbocycles. The molecule has 4 nitrogen and oxygen atoms in total. The first-order valence-corrected chi connectivity index (χ1v) is 9.91. The van der Waals surface area contributed by atoms with Crippen molar-refractivity contribution in [2.75, 3.05) is 6.54 Å². The third-order valence-electron chi connectivity index (χ3n) is 4.60. The third-order valence-corrected chi connectivity index (χ3v) is 5.38. The summed E-state index contributed by atoms with van der Waals surface area (Å²) < 4.78 is 0.898. The number of likely N-dealkylation sites (tertiary alicyclic amines) is 1. The van der Waals surface area contributed by atoms with Crippen molar-refractivity contribution in [3.63, 3.8) is 0 Å². The van der Waals surface area contributed by atoms with E-state index in [0.717, 1.165) is 22.9 Å². The molecule has 1 N–H and O–H groups in total. The molecule has 1 atom stereocenters. The van der Waals surface area contributed by atoms with Crippen molar-refractivity contribution in [2.45, 2.75) is 25.8 Å². The van der Waals surface area contributed by atoms with Gasteiger partial charge in [-0.25, -0.2) is 0 Å². The highest BCUT2D eigenvalue weighted by molar-refractivity contribution is 9.10.